The lowest BCUT2D eigenvalue weighted by Crippen LogP contribution is -2.43. The molecule has 0 amide bonds. The van der Waals surface area contributed by atoms with Crippen molar-refractivity contribution >= 4 is 26.6 Å². The highest BCUT2D eigenvalue weighted by Gasteiger charge is 2.34. The highest BCUT2D eigenvalue weighted by atomic mass is 32.2. The van der Waals surface area contributed by atoms with Gasteiger partial charge in [-0.1, -0.05) is 12.1 Å². The van der Waals surface area contributed by atoms with E-state index in [0.29, 0.717) is 24.0 Å². The number of aryl methyl sites for hydroxylation is 1. The number of nitrogens with one attached hydrogen (secondary N) is 1. The second-order valence-electron chi connectivity index (χ2n) is 7.94. The molecule has 0 saturated carbocycles. The van der Waals surface area contributed by atoms with Crippen LogP contribution in [-0.2, 0) is 23.1 Å². The van der Waals surface area contributed by atoms with Crippen molar-refractivity contribution < 1.29 is 21.6 Å². The van der Waals surface area contributed by atoms with Crippen LogP contribution < -0.4 is 10.9 Å². The monoisotopic (exact) mass is 466 g/mol. The quantitative estimate of drug-likeness (QED) is 0.636. The van der Waals surface area contributed by atoms with Crippen LogP contribution in [0.1, 0.15) is 25.3 Å². The van der Waals surface area contributed by atoms with E-state index in [0.717, 1.165) is 12.1 Å². The van der Waals surface area contributed by atoms with Gasteiger partial charge in [0.25, 0.3) is 5.56 Å². The number of fused-ring (bicyclic) bond motifs is 1. The summed E-state index contributed by atoms with van der Waals surface area (Å²) in [7, 11) is -1.73. The van der Waals surface area contributed by atoms with Gasteiger partial charge in [-0.25, -0.2) is 18.4 Å². The third-order valence-electron chi connectivity index (χ3n) is 5.87. The number of alkyl halides is 3. The number of hydrogen-bond donors (Lipinski definition) is 1. The highest BCUT2D eigenvalue weighted by molar-refractivity contribution is 7.92. The molecule has 1 fully saturated rings. The molecule has 0 aliphatic carbocycles. The molecule has 3 aromatic rings. The van der Waals surface area contributed by atoms with Gasteiger partial charge in [0.15, 0.2) is 9.84 Å². The van der Waals surface area contributed by atoms with Crippen molar-refractivity contribution in [1.29, 1.82) is 0 Å². The minimum absolute atomic E-state index is 0.122. The standard InChI is InChI=1S/C21H21F3N4O3S/c1-12-16(4-3-9-32(12,30)31)27-19-17-18(26-11-28(2)20(17)29)15(10-25-19)13-5-7-14(8-6-13)21(22,23)24/h5-8,10-12,16H,3-4,9H2,1-2H3,(H,25,27)/t12-,16+/m1/s1. The second kappa shape index (κ2) is 7.88. The smallest absolute Gasteiger partial charge is 0.365 e. The Bertz CT molecular complexity index is 1340. The van der Waals surface area contributed by atoms with Crippen LogP contribution in [0.3, 0.4) is 0 Å². The zero-order chi connectivity index (χ0) is 23.3. The fraction of sp³-hybridized carbons (Fsp3) is 0.381. The number of anilines is 1. The number of sulfone groups is 1. The first-order chi connectivity index (χ1) is 15.0. The van der Waals surface area contributed by atoms with Gasteiger partial charge >= 0.3 is 6.18 Å². The van der Waals surface area contributed by atoms with Gasteiger partial charge in [-0.05, 0) is 37.5 Å². The van der Waals surface area contributed by atoms with Gasteiger partial charge in [-0.3, -0.25) is 4.79 Å². The van der Waals surface area contributed by atoms with Gasteiger partial charge < -0.3 is 9.88 Å². The molecular weight excluding hydrogens is 445 g/mol. The van der Waals surface area contributed by atoms with Crippen LogP contribution in [0.5, 0.6) is 0 Å². The molecule has 170 valence electrons. The molecule has 0 spiro atoms. The molecule has 1 aliphatic rings. The predicted molar refractivity (Wildman–Crippen MR) is 115 cm³/mol. The Balaban J connectivity index is 1.82. The lowest BCUT2D eigenvalue weighted by molar-refractivity contribution is -0.137. The maximum atomic E-state index is 12.9. The Morgan fingerprint density at radius 3 is 2.50 bits per heavy atom. The summed E-state index contributed by atoms with van der Waals surface area (Å²) in [6.07, 6.45) is -0.595. The van der Waals surface area contributed by atoms with Crippen LogP contribution in [-0.4, -0.2) is 40.0 Å². The van der Waals surface area contributed by atoms with E-state index in [1.165, 1.54) is 36.3 Å². The molecule has 3 heterocycles. The van der Waals surface area contributed by atoms with Crippen LogP contribution >= 0.6 is 0 Å². The van der Waals surface area contributed by atoms with Crippen molar-refractivity contribution in [3.05, 3.63) is 52.7 Å². The molecule has 0 unspecified atom stereocenters. The second-order valence-corrected chi connectivity index (χ2v) is 10.4. The molecule has 11 heteroatoms. The van der Waals surface area contributed by atoms with Gasteiger partial charge in [0.1, 0.15) is 11.2 Å². The van der Waals surface area contributed by atoms with E-state index >= 15 is 0 Å². The number of rotatable bonds is 3. The zero-order valence-corrected chi connectivity index (χ0v) is 18.2. The van der Waals surface area contributed by atoms with Crippen molar-refractivity contribution in [2.75, 3.05) is 11.1 Å². The first kappa shape index (κ1) is 22.3. The average Bonchev–Trinajstić information content (AvgIpc) is 2.73. The van der Waals surface area contributed by atoms with Crippen LogP contribution in [0, 0.1) is 0 Å². The van der Waals surface area contributed by atoms with Crippen molar-refractivity contribution in [1.82, 2.24) is 14.5 Å². The zero-order valence-electron chi connectivity index (χ0n) is 17.3. The molecule has 0 radical (unpaired) electrons. The van der Waals surface area contributed by atoms with Gasteiger partial charge in [0.05, 0.1) is 28.4 Å². The van der Waals surface area contributed by atoms with E-state index in [4.69, 9.17) is 0 Å². The molecule has 7 nitrogen and oxygen atoms in total. The SMILES string of the molecule is C[C@@H]1[C@@H](Nc2ncc(-c3ccc(C(F)(F)F)cc3)c3ncn(C)c(=O)c23)CCCS1(=O)=O. The van der Waals surface area contributed by atoms with Crippen LogP contribution in [0.15, 0.2) is 41.6 Å². The van der Waals surface area contributed by atoms with Crippen LogP contribution in [0.25, 0.3) is 22.0 Å². The number of pyridine rings is 1. The fourth-order valence-corrected chi connectivity index (χ4v) is 5.56. The maximum Gasteiger partial charge on any atom is 0.416 e. The number of benzene rings is 1. The van der Waals surface area contributed by atoms with Crippen molar-refractivity contribution in [3.63, 3.8) is 0 Å². The summed E-state index contributed by atoms with van der Waals surface area (Å²) in [5.74, 6) is 0.328. The summed E-state index contributed by atoms with van der Waals surface area (Å²) in [6, 6.07) is 4.11. The predicted octanol–water partition coefficient (Wildman–Crippen LogP) is 3.39. The van der Waals surface area contributed by atoms with E-state index in [1.54, 1.807) is 6.92 Å². The molecule has 1 aromatic carbocycles. The summed E-state index contributed by atoms with van der Waals surface area (Å²) in [4.78, 5) is 21.6. The Morgan fingerprint density at radius 2 is 1.84 bits per heavy atom. The van der Waals surface area contributed by atoms with Gasteiger partial charge in [-0.2, -0.15) is 13.2 Å². The van der Waals surface area contributed by atoms with Gasteiger partial charge in [-0.15, -0.1) is 0 Å². The summed E-state index contributed by atoms with van der Waals surface area (Å²) in [5.41, 5.74) is -0.0763. The molecule has 1 N–H and O–H groups in total. The van der Waals surface area contributed by atoms with Gasteiger partial charge in [0, 0.05) is 24.8 Å². The minimum atomic E-state index is -4.46. The first-order valence-corrected chi connectivity index (χ1v) is 11.7. The lowest BCUT2D eigenvalue weighted by Gasteiger charge is -2.30. The average molecular weight is 466 g/mol. The molecule has 2 aromatic heterocycles. The Morgan fingerprint density at radius 1 is 1.16 bits per heavy atom. The third-order valence-corrected chi connectivity index (χ3v) is 8.19. The molecule has 32 heavy (non-hydrogen) atoms. The molecule has 4 rings (SSSR count). The maximum absolute atomic E-state index is 12.9. The van der Waals surface area contributed by atoms with E-state index < -0.39 is 38.4 Å². The number of hydrogen-bond acceptors (Lipinski definition) is 6. The summed E-state index contributed by atoms with van der Waals surface area (Å²) in [6.45, 7) is 1.63. The highest BCUT2D eigenvalue weighted by Crippen LogP contribution is 2.34. The van der Waals surface area contributed by atoms with E-state index in [9.17, 15) is 26.4 Å². The van der Waals surface area contributed by atoms with Crippen LogP contribution in [0.2, 0.25) is 0 Å². The van der Waals surface area contributed by atoms with E-state index in [-0.39, 0.29) is 22.5 Å². The number of aromatic nitrogens is 3. The molecular formula is C21H21F3N4O3S. The fourth-order valence-electron chi connectivity index (χ4n) is 3.91. The minimum Gasteiger partial charge on any atom is -0.365 e. The Kier molecular flexibility index (Phi) is 5.48. The third kappa shape index (κ3) is 3.96. The summed E-state index contributed by atoms with van der Waals surface area (Å²) in [5, 5.41) is 2.62. The molecule has 2 atom stereocenters. The Labute approximate surface area is 182 Å². The van der Waals surface area contributed by atoms with Gasteiger partial charge in [0.2, 0.25) is 0 Å². The summed E-state index contributed by atoms with van der Waals surface area (Å²) >= 11 is 0. The van der Waals surface area contributed by atoms with E-state index in [1.807, 2.05) is 0 Å². The number of halogens is 3. The normalized spacial score (nSPS) is 20.9. The van der Waals surface area contributed by atoms with Crippen LogP contribution in [0.4, 0.5) is 19.0 Å². The molecule has 1 saturated heterocycles. The molecule has 0 bridgehead atoms. The van der Waals surface area contributed by atoms with Crippen molar-refractivity contribution in [3.8, 4) is 11.1 Å². The molecule has 1 aliphatic heterocycles. The topological polar surface area (TPSA) is 93.9 Å². The lowest BCUT2D eigenvalue weighted by atomic mass is 10.0. The van der Waals surface area contributed by atoms with Crippen molar-refractivity contribution in [2.24, 2.45) is 7.05 Å². The van der Waals surface area contributed by atoms with Crippen molar-refractivity contribution in [2.45, 2.75) is 37.2 Å². The number of nitrogens with zero attached hydrogens (tertiary/aromatic N) is 3. The largest absolute Gasteiger partial charge is 0.416 e. The first-order valence-electron chi connectivity index (χ1n) is 9.99. The van der Waals surface area contributed by atoms with E-state index in [2.05, 4.69) is 15.3 Å². The Hall–Kier alpha value is -2.95. The summed E-state index contributed by atoms with van der Waals surface area (Å²) < 4.78 is 64.6.